The Hall–Kier alpha value is -2.21. The molecule has 2 heterocycles. The predicted octanol–water partition coefficient (Wildman–Crippen LogP) is 0.873. The van der Waals surface area contributed by atoms with Gasteiger partial charge in [-0.1, -0.05) is 30.3 Å². The summed E-state index contributed by atoms with van der Waals surface area (Å²) in [7, 11) is 2.12. The highest BCUT2D eigenvalue weighted by atomic mass is 15.3. The first-order chi connectivity index (χ1) is 9.72. The van der Waals surface area contributed by atoms with Crippen molar-refractivity contribution >= 4 is 11.9 Å². The van der Waals surface area contributed by atoms with Crippen LogP contribution in [0.1, 0.15) is 0 Å². The molecule has 1 aromatic heterocycles. The van der Waals surface area contributed by atoms with Gasteiger partial charge in [0, 0.05) is 31.7 Å². The summed E-state index contributed by atoms with van der Waals surface area (Å²) in [5.41, 5.74) is 6.79. The van der Waals surface area contributed by atoms with Crippen molar-refractivity contribution in [3.63, 3.8) is 0 Å². The Kier molecular flexibility index (Phi) is 3.47. The van der Waals surface area contributed by atoms with Crippen LogP contribution < -0.4 is 10.6 Å². The lowest BCUT2D eigenvalue weighted by Gasteiger charge is -2.32. The Balaban J connectivity index is 1.91. The molecular formula is C14H18N6. The van der Waals surface area contributed by atoms with Crippen LogP contribution in [0.5, 0.6) is 0 Å². The van der Waals surface area contributed by atoms with Crippen LogP contribution in [0.4, 0.5) is 11.9 Å². The predicted molar refractivity (Wildman–Crippen MR) is 79.4 cm³/mol. The van der Waals surface area contributed by atoms with Crippen molar-refractivity contribution in [2.75, 3.05) is 43.9 Å². The van der Waals surface area contributed by atoms with Crippen molar-refractivity contribution in [1.82, 2.24) is 19.9 Å². The minimum Gasteiger partial charge on any atom is -0.368 e. The number of aromatic nitrogens is 3. The topological polar surface area (TPSA) is 71.2 Å². The lowest BCUT2D eigenvalue weighted by Crippen LogP contribution is -2.45. The zero-order valence-electron chi connectivity index (χ0n) is 11.5. The molecular weight excluding hydrogens is 252 g/mol. The van der Waals surface area contributed by atoms with Gasteiger partial charge in [-0.2, -0.15) is 15.0 Å². The molecule has 20 heavy (non-hydrogen) atoms. The fourth-order valence-electron chi connectivity index (χ4n) is 2.24. The third-order valence-electron chi connectivity index (χ3n) is 3.46. The fourth-order valence-corrected chi connectivity index (χ4v) is 2.24. The Labute approximate surface area is 118 Å². The van der Waals surface area contributed by atoms with Gasteiger partial charge in [-0.3, -0.25) is 0 Å². The standard InChI is InChI=1S/C14H18N6/c1-19-7-9-20(10-8-19)14-17-12(16-13(15)18-14)11-5-3-2-4-6-11/h2-6H,7-10H2,1H3,(H2,15,16,17,18). The summed E-state index contributed by atoms with van der Waals surface area (Å²) in [6, 6.07) is 9.84. The van der Waals surface area contributed by atoms with E-state index in [0.29, 0.717) is 11.8 Å². The number of nitrogens with zero attached hydrogens (tertiary/aromatic N) is 5. The van der Waals surface area contributed by atoms with Gasteiger partial charge in [-0.15, -0.1) is 0 Å². The number of hydrogen-bond donors (Lipinski definition) is 1. The summed E-state index contributed by atoms with van der Waals surface area (Å²) >= 11 is 0. The second kappa shape index (κ2) is 5.42. The molecule has 0 saturated carbocycles. The molecule has 0 amide bonds. The van der Waals surface area contributed by atoms with Crippen LogP contribution in [0.2, 0.25) is 0 Å². The third-order valence-corrected chi connectivity index (χ3v) is 3.46. The van der Waals surface area contributed by atoms with Crippen molar-refractivity contribution in [2.45, 2.75) is 0 Å². The SMILES string of the molecule is CN1CCN(c2nc(N)nc(-c3ccccc3)n2)CC1. The van der Waals surface area contributed by atoms with Gasteiger partial charge in [0.25, 0.3) is 0 Å². The zero-order valence-corrected chi connectivity index (χ0v) is 11.5. The minimum absolute atomic E-state index is 0.271. The number of nitrogens with two attached hydrogens (primary N) is 1. The van der Waals surface area contributed by atoms with E-state index in [1.807, 2.05) is 30.3 Å². The van der Waals surface area contributed by atoms with Gasteiger partial charge >= 0.3 is 0 Å². The monoisotopic (exact) mass is 270 g/mol. The maximum absolute atomic E-state index is 5.83. The van der Waals surface area contributed by atoms with E-state index < -0.39 is 0 Å². The van der Waals surface area contributed by atoms with Gasteiger partial charge in [0.15, 0.2) is 5.82 Å². The van der Waals surface area contributed by atoms with Crippen LogP contribution in [-0.4, -0.2) is 53.1 Å². The molecule has 0 spiro atoms. The number of rotatable bonds is 2. The van der Waals surface area contributed by atoms with Crippen LogP contribution in [0, 0.1) is 0 Å². The first-order valence-corrected chi connectivity index (χ1v) is 6.73. The molecule has 1 aliphatic heterocycles. The second-order valence-corrected chi connectivity index (χ2v) is 4.97. The molecule has 2 aromatic rings. The van der Waals surface area contributed by atoms with Gasteiger partial charge in [0.05, 0.1) is 0 Å². The van der Waals surface area contributed by atoms with Crippen LogP contribution in [0.3, 0.4) is 0 Å². The molecule has 3 rings (SSSR count). The maximum Gasteiger partial charge on any atom is 0.230 e. The van der Waals surface area contributed by atoms with Gasteiger partial charge in [-0.05, 0) is 7.05 Å². The van der Waals surface area contributed by atoms with E-state index in [0.717, 1.165) is 31.7 Å². The van der Waals surface area contributed by atoms with Crippen LogP contribution in [0.25, 0.3) is 11.4 Å². The van der Waals surface area contributed by atoms with Crippen LogP contribution >= 0.6 is 0 Å². The molecule has 6 heteroatoms. The number of piperazine rings is 1. The molecule has 0 bridgehead atoms. The van der Waals surface area contributed by atoms with Gasteiger partial charge in [-0.25, -0.2) is 0 Å². The van der Waals surface area contributed by atoms with E-state index in [1.165, 1.54) is 0 Å². The summed E-state index contributed by atoms with van der Waals surface area (Å²) in [5, 5.41) is 0. The number of anilines is 2. The number of hydrogen-bond acceptors (Lipinski definition) is 6. The smallest absolute Gasteiger partial charge is 0.230 e. The molecule has 0 unspecified atom stereocenters. The molecule has 1 aromatic carbocycles. The normalized spacial score (nSPS) is 16.4. The molecule has 0 aliphatic carbocycles. The summed E-state index contributed by atoms with van der Waals surface area (Å²) in [5.74, 6) is 1.57. The van der Waals surface area contributed by atoms with Gasteiger partial charge < -0.3 is 15.5 Å². The van der Waals surface area contributed by atoms with E-state index >= 15 is 0 Å². The molecule has 0 radical (unpaired) electrons. The molecule has 2 N–H and O–H groups in total. The Morgan fingerprint density at radius 3 is 2.35 bits per heavy atom. The largest absolute Gasteiger partial charge is 0.368 e. The molecule has 6 nitrogen and oxygen atoms in total. The lowest BCUT2D eigenvalue weighted by atomic mass is 10.2. The van der Waals surface area contributed by atoms with Crippen molar-refractivity contribution in [3.05, 3.63) is 30.3 Å². The van der Waals surface area contributed by atoms with E-state index in [1.54, 1.807) is 0 Å². The first kappa shape index (κ1) is 12.8. The van der Waals surface area contributed by atoms with Crippen molar-refractivity contribution in [3.8, 4) is 11.4 Å². The van der Waals surface area contributed by atoms with Gasteiger partial charge in [0.1, 0.15) is 0 Å². The summed E-state index contributed by atoms with van der Waals surface area (Å²) in [4.78, 5) is 17.5. The summed E-state index contributed by atoms with van der Waals surface area (Å²) < 4.78 is 0. The Morgan fingerprint density at radius 2 is 1.65 bits per heavy atom. The average Bonchev–Trinajstić information content (AvgIpc) is 2.48. The highest BCUT2D eigenvalue weighted by Gasteiger charge is 2.18. The summed E-state index contributed by atoms with van der Waals surface area (Å²) in [6.07, 6.45) is 0. The summed E-state index contributed by atoms with van der Waals surface area (Å²) in [6.45, 7) is 3.83. The molecule has 1 saturated heterocycles. The minimum atomic E-state index is 0.271. The van der Waals surface area contributed by atoms with Crippen molar-refractivity contribution in [2.24, 2.45) is 0 Å². The molecule has 1 fully saturated rings. The van der Waals surface area contributed by atoms with Crippen molar-refractivity contribution < 1.29 is 0 Å². The Morgan fingerprint density at radius 1 is 0.950 bits per heavy atom. The van der Waals surface area contributed by atoms with Crippen LogP contribution in [0.15, 0.2) is 30.3 Å². The fraction of sp³-hybridized carbons (Fsp3) is 0.357. The van der Waals surface area contributed by atoms with E-state index in [9.17, 15) is 0 Å². The van der Waals surface area contributed by atoms with Crippen LogP contribution in [-0.2, 0) is 0 Å². The highest BCUT2D eigenvalue weighted by molar-refractivity contribution is 5.57. The number of nitrogen functional groups attached to an aromatic ring is 1. The number of likely N-dealkylation sites (N-methyl/N-ethyl adjacent to an activating group) is 1. The van der Waals surface area contributed by atoms with E-state index in [-0.39, 0.29) is 5.95 Å². The molecule has 1 aliphatic rings. The van der Waals surface area contributed by atoms with E-state index in [4.69, 9.17) is 5.73 Å². The third kappa shape index (κ3) is 2.70. The first-order valence-electron chi connectivity index (χ1n) is 6.73. The zero-order chi connectivity index (χ0) is 13.9. The molecule has 104 valence electrons. The second-order valence-electron chi connectivity index (χ2n) is 4.97. The van der Waals surface area contributed by atoms with Crippen molar-refractivity contribution in [1.29, 1.82) is 0 Å². The van der Waals surface area contributed by atoms with E-state index in [2.05, 4.69) is 31.8 Å². The maximum atomic E-state index is 5.83. The molecule has 0 atom stereocenters. The quantitative estimate of drug-likeness (QED) is 0.873. The Bertz CT molecular complexity index is 577. The average molecular weight is 270 g/mol. The lowest BCUT2D eigenvalue weighted by molar-refractivity contribution is 0.311. The van der Waals surface area contributed by atoms with Gasteiger partial charge in [0.2, 0.25) is 11.9 Å². The number of benzene rings is 1. The highest BCUT2D eigenvalue weighted by Crippen LogP contribution is 2.19.